The van der Waals surface area contributed by atoms with Crippen LogP contribution in [0.5, 0.6) is 0 Å². The lowest BCUT2D eigenvalue weighted by Crippen LogP contribution is -2.23. The van der Waals surface area contributed by atoms with E-state index in [1.807, 2.05) is 0 Å². The quantitative estimate of drug-likeness (QED) is 0.106. The predicted molar refractivity (Wildman–Crippen MR) is 114 cm³/mol. The second-order valence-corrected chi connectivity index (χ2v) is 8.70. The Balaban J connectivity index is 3.34. The summed E-state index contributed by atoms with van der Waals surface area (Å²) in [6.45, 7) is 1.31. The van der Waals surface area contributed by atoms with Crippen molar-refractivity contribution in [3.63, 3.8) is 0 Å². The molecule has 1 unspecified atom stereocenters. The normalized spacial score (nSPS) is 13.1. The zero-order chi connectivity index (χ0) is 21.8. The molecule has 0 aliphatic heterocycles. The maximum absolute atomic E-state index is 11.6. The van der Waals surface area contributed by atoms with Crippen LogP contribution in [0.1, 0.15) is 96.8 Å². The van der Waals surface area contributed by atoms with Crippen LogP contribution in [0.15, 0.2) is 12.2 Å². The number of rotatable bonds is 20. The number of hydrogen-bond acceptors (Lipinski definition) is 5. The van der Waals surface area contributed by atoms with Crippen LogP contribution in [0.25, 0.3) is 0 Å². The number of aliphatic hydroxyl groups is 1. The number of unbranched alkanes of at least 4 members (excludes halogenated alkanes) is 11. The number of allylic oxidation sites excluding steroid dienone is 2. The second kappa shape index (κ2) is 19.3. The Morgan fingerprint density at radius 3 is 1.93 bits per heavy atom. The van der Waals surface area contributed by atoms with E-state index in [4.69, 9.17) is 14.5 Å². The van der Waals surface area contributed by atoms with Gasteiger partial charge in [0, 0.05) is 6.42 Å². The molecule has 1 atom stereocenters. The number of phosphoric acid groups is 1. The highest BCUT2D eigenvalue weighted by Crippen LogP contribution is 2.35. The molecule has 0 saturated heterocycles. The molecule has 3 N–H and O–H groups in total. The van der Waals surface area contributed by atoms with E-state index in [-0.39, 0.29) is 13.0 Å². The molecule has 0 aromatic rings. The summed E-state index contributed by atoms with van der Waals surface area (Å²) in [5.74, 6) is -0.413. The molecule has 0 aromatic heterocycles. The highest BCUT2D eigenvalue weighted by Gasteiger charge is 2.17. The molecule has 7 nitrogen and oxygen atoms in total. The summed E-state index contributed by atoms with van der Waals surface area (Å²) >= 11 is 0. The average Bonchev–Trinajstić information content (AvgIpc) is 2.67. The second-order valence-electron chi connectivity index (χ2n) is 7.46. The summed E-state index contributed by atoms with van der Waals surface area (Å²) in [5, 5.41) is 9.42. The number of carbonyl (C=O) groups excluding carboxylic acids is 1. The summed E-state index contributed by atoms with van der Waals surface area (Å²) in [6.07, 6.45) is 19.0. The van der Waals surface area contributed by atoms with Crippen molar-refractivity contribution >= 4 is 13.8 Å². The van der Waals surface area contributed by atoms with E-state index < -0.39 is 26.5 Å². The Labute approximate surface area is 176 Å². The van der Waals surface area contributed by atoms with Gasteiger partial charge in [-0.1, -0.05) is 76.9 Å². The molecular formula is C21H41O7P. The first-order valence-corrected chi connectivity index (χ1v) is 12.6. The molecule has 0 aliphatic carbocycles. The van der Waals surface area contributed by atoms with Crippen molar-refractivity contribution in [3.8, 4) is 0 Å². The minimum absolute atomic E-state index is 0.290. The number of aliphatic hydroxyl groups excluding tert-OH is 1. The van der Waals surface area contributed by atoms with Crippen molar-refractivity contribution in [2.75, 3.05) is 13.2 Å². The third kappa shape index (κ3) is 23.4. The van der Waals surface area contributed by atoms with Gasteiger partial charge < -0.3 is 19.6 Å². The van der Waals surface area contributed by atoms with E-state index in [0.29, 0.717) is 0 Å². The molecule has 0 rings (SSSR count). The Hall–Kier alpha value is -0.720. The average molecular weight is 437 g/mol. The molecule has 0 amide bonds. The summed E-state index contributed by atoms with van der Waals surface area (Å²) in [5.41, 5.74) is 0. The molecule has 8 heteroatoms. The van der Waals surface area contributed by atoms with Crippen molar-refractivity contribution < 1.29 is 33.5 Å². The summed E-state index contributed by atoms with van der Waals surface area (Å²) in [7, 11) is -4.62. The number of esters is 1. The fraction of sp³-hybridized carbons (Fsp3) is 0.857. The van der Waals surface area contributed by atoms with Crippen LogP contribution in [0, 0.1) is 0 Å². The molecule has 0 aromatic carbocycles. The van der Waals surface area contributed by atoms with Crippen LogP contribution in [0.2, 0.25) is 0 Å². The fourth-order valence-electron chi connectivity index (χ4n) is 2.82. The Morgan fingerprint density at radius 2 is 1.38 bits per heavy atom. The van der Waals surface area contributed by atoms with Gasteiger partial charge >= 0.3 is 13.8 Å². The highest BCUT2D eigenvalue weighted by molar-refractivity contribution is 7.46. The first kappa shape index (κ1) is 28.3. The van der Waals surface area contributed by atoms with Crippen LogP contribution in [0.4, 0.5) is 0 Å². The van der Waals surface area contributed by atoms with Crippen molar-refractivity contribution in [2.45, 2.75) is 103 Å². The number of hydrogen-bond donors (Lipinski definition) is 3. The van der Waals surface area contributed by atoms with Crippen molar-refractivity contribution in [1.82, 2.24) is 0 Å². The van der Waals surface area contributed by atoms with Crippen LogP contribution in [-0.4, -0.2) is 40.2 Å². The standard InChI is InChI=1S/C21H41O7P/c1-2-3-4-5-6-7-8-9-10-11-12-13-14-15-16-17-21(23)27-18-20(22)19-28-29(24,25)26/h5-6,20,22H,2-4,7-19H2,1H3,(H2,24,25,26)/b6-5-. The van der Waals surface area contributed by atoms with Gasteiger partial charge in [0.15, 0.2) is 0 Å². The van der Waals surface area contributed by atoms with Crippen molar-refractivity contribution in [2.24, 2.45) is 0 Å². The van der Waals surface area contributed by atoms with E-state index in [0.717, 1.165) is 19.3 Å². The minimum atomic E-state index is -4.62. The lowest BCUT2D eigenvalue weighted by Gasteiger charge is -2.12. The molecule has 0 saturated carbocycles. The SMILES string of the molecule is CCCC/C=C\CCCCCCCCCCCC(=O)OCC(O)COP(=O)(O)O. The molecule has 0 bridgehead atoms. The molecule has 0 aliphatic rings. The van der Waals surface area contributed by atoms with Gasteiger partial charge in [0.2, 0.25) is 0 Å². The minimum Gasteiger partial charge on any atom is -0.463 e. The molecule has 29 heavy (non-hydrogen) atoms. The Bertz CT molecular complexity index is 462. The molecule has 0 radical (unpaired) electrons. The van der Waals surface area contributed by atoms with E-state index in [9.17, 15) is 14.5 Å². The predicted octanol–water partition coefficient (Wildman–Crippen LogP) is 5.04. The smallest absolute Gasteiger partial charge is 0.463 e. The summed E-state index contributed by atoms with van der Waals surface area (Å²) in [6, 6.07) is 0. The van der Waals surface area contributed by atoms with E-state index in [1.54, 1.807) is 0 Å². The number of carbonyl (C=O) groups is 1. The largest absolute Gasteiger partial charge is 0.469 e. The molecule has 172 valence electrons. The monoisotopic (exact) mass is 436 g/mol. The van der Waals surface area contributed by atoms with E-state index in [1.165, 1.54) is 64.2 Å². The van der Waals surface area contributed by atoms with Gasteiger partial charge in [0.1, 0.15) is 12.7 Å². The molecule has 0 spiro atoms. The first-order chi connectivity index (χ1) is 13.8. The van der Waals surface area contributed by atoms with Gasteiger partial charge in [-0.05, 0) is 25.7 Å². The van der Waals surface area contributed by atoms with Crippen LogP contribution in [-0.2, 0) is 18.6 Å². The van der Waals surface area contributed by atoms with Gasteiger partial charge in [0.05, 0.1) is 6.61 Å². The zero-order valence-corrected chi connectivity index (χ0v) is 18.9. The zero-order valence-electron chi connectivity index (χ0n) is 18.0. The van der Waals surface area contributed by atoms with Gasteiger partial charge in [-0.3, -0.25) is 9.32 Å². The van der Waals surface area contributed by atoms with Crippen LogP contribution < -0.4 is 0 Å². The lowest BCUT2D eigenvalue weighted by atomic mass is 10.1. The number of phosphoric ester groups is 1. The lowest BCUT2D eigenvalue weighted by molar-refractivity contribution is -0.147. The highest BCUT2D eigenvalue weighted by atomic mass is 31.2. The maximum Gasteiger partial charge on any atom is 0.469 e. The van der Waals surface area contributed by atoms with Crippen molar-refractivity contribution in [1.29, 1.82) is 0 Å². The summed E-state index contributed by atoms with van der Waals surface area (Å²) < 4.78 is 19.5. The topological polar surface area (TPSA) is 113 Å². The number of ether oxygens (including phenoxy) is 1. The van der Waals surface area contributed by atoms with Gasteiger partial charge in [-0.25, -0.2) is 4.57 Å². The van der Waals surface area contributed by atoms with E-state index in [2.05, 4.69) is 23.6 Å². The summed E-state index contributed by atoms with van der Waals surface area (Å²) in [4.78, 5) is 28.6. The third-order valence-corrected chi connectivity index (χ3v) is 5.00. The third-order valence-electron chi connectivity index (χ3n) is 4.51. The van der Waals surface area contributed by atoms with Gasteiger partial charge in [-0.15, -0.1) is 0 Å². The van der Waals surface area contributed by atoms with Crippen LogP contribution in [0.3, 0.4) is 0 Å². The fourth-order valence-corrected chi connectivity index (χ4v) is 3.19. The van der Waals surface area contributed by atoms with Crippen LogP contribution >= 0.6 is 7.82 Å². The van der Waals surface area contributed by atoms with Crippen molar-refractivity contribution in [3.05, 3.63) is 12.2 Å². The van der Waals surface area contributed by atoms with E-state index >= 15 is 0 Å². The van der Waals surface area contributed by atoms with Gasteiger partial charge in [-0.2, -0.15) is 0 Å². The molecule has 0 fully saturated rings. The maximum atomic E-state index is 11.6. The Kier molecular flexibility index (Phi) is 18.8. The van der Waals surface area contributed by atoms with Gasteiger partial charge in [0.25, 0.3) is 0 Å². The molecular weight excluding hydrogens is 395 g/mol. The molecule has 0 heterocycles. The first-order valence-electron chi connectivity index (χ1n) is 11.0. The Morgan fingerprint density at radius 1 is 0.862 bits per heavy atom.